The molecule has 1 aromatic carbocycles. The van der Waals surface area contributed by atoms with Crippen molar-refractivity contribution in [1.82, 2.24) is 9.29 Å². The van der Waals surface area contributed by atoms with Crippen molar-refractivity contribution in [3.63, 3.8) is 0 Å². The summed E-state index contributed by atoms with van der Waals surface area (Å²) < 4.78 is 33.7. The predicted molar refractivity (Wildman–Crippen MR) is 99.8 cm³/mol. The van der Waals surface area contributed by atoms with Crippen LogP contribution >= 0.6 is 0 Å². The van der Waals surface area contributed by atoms with E-state index in [9.17, 15) is 8.42 Å². The third-order valence-corrected chi connectivity index (χ3v) is 7.27. The van der Waals surface area contributed by atoms with E-state index in [1.54, 1.807) is 10.5 Å². The number of hydrogen-bond donors (Lipinski definition) is 0. The highest BCUT2D eigenvalue weighted by Crippen LogP contribution is 2.42. The summed E-state index contributed by atoms with van der Waals surface area (Å²) in [5, 5.41) is 0. The van der Waals surface area contributed by atoms with Crippen LogP contribution in [0.5, 0.6) is 0 Å². The van der Waals surface area contributed by atoms with Crippen LogP contribution in [0.2, 0.25) is 0 Å². The van der Waals surface area contributed by atoms with Gasteiger partial charge in [0.15, 0.2) is 0 Å². The molecule has 3 atom stereocenters. The quantitative estimate of drug-likeness (QED) is 0.782. The Bertz CT molecular complexity index is 852. The number of aryl methyl sites for hydroxylation is 1. The number of benzene rings is 1. The molecule has 5 nitrogen and oxygen atoms in total. The Morgan fingerprint density at radius 3 is 2.69 bits per heavy atom. The standard InChI is InChI=1S/C20H24N2O3S/c1-15-5-7-16(8-6-15)14-26(23,24)22-12-17-9-10-19(22)20(17)25-13-18-4-2-3-11-21-18/h2-8,11,17,19-20H,9-10,12-14H2,1H3. The molecular weight excluding hydrogens is 348 g/mol. The SMILES string of the molecule is Cc1ccc(CS(=O)(=O)N2CC3CCC2C3OCc2ccccn2)cc1. The maximum Gasteiger partial charge on any atom is 0.218 e. The Balaban J connectivity index is 1.44. The van der Waals surface area contributed by atoms with Gasteiger partial charge >= 0.3 is 0 Å². The highest BCUT2D eigenvalue weighted by Gasteiger charge is 2.51. The molecule has 2 heterocycles. The van der Waals surface area contributed by atoms with Gasteiger partial charge in [0.25, 0.3) is 0 Å². The van der Waals surface area contributed by atoms with E-state index in [0.29, 0.717) is 13.2 Å². The van der Waals surface area contributed by atoms with Gasteiger partial charge in [-0.1, -0.05) is 35.9 Å². The van der Waals surface area contributed by atoms with Gasteiger partial charge in [0, 0.05) is 18.7 Å². The van der Waals surface area contributed by atoms with Crippen molar-refractivity contribution in [2.75, 3.05) is 6.54 Å². The Morgan fingerprint density at radius 2 is 1.96 bits per heavy atom. The molecule has 1 aromatic heterocycles. The number of pyridine rings is 1. The third kappa shape index (κ3) is 3.54. The second-order valence-electron chi connectivity index (χ2n) is 7.31. The summed E-state index contributed by atoms with van der Waals surface area (Å²) in [6.07, 6.45) is 3.64. The van der Waals surface area contributed by atoms with Crippen molar-refractivity contribution in [2.24, 2.45) is 5.92 Å². The maximum atomic E-state index is 13.0. The zero-order valence-electron chi connectivity index (χ0n) is 14.9. The summed E-state index contributed by atoms with van der Waals surface area (Å²) in [7, 11) is -3.33. The first-order chi connectivity index (χ1) is 12.5. The maximum absolute atomic E-state index is 13.0. The molecule has 0 spiro atoms. The lowest BCUT2D eigenvalue weighted by Gasteiger charge is -2.26. The zero-order valence-corrected chi connectivity index (χ0v) is 15.7. The van der Waals surface area contributed by atoms with Crippen LogP contribution in [-0.4, -0.2) is 36.4 Å². The minimum Gasteiger partial charge on any atom is -0.370 e. The second kappa shape index (κ2) is 7.10. The molecule has 4 rings (SSSR count). The van der Waals surface area contributed by atoms with Gasteiger partial charge < -0.3 is 4.74 Å². The van der Waals surface area contributed by atoms with Gasteiger partial charge in [0.2, 0.25) is 10.0 Å². The normalized spacial score (nSPS) is 25.7. The number of aromatic nitrogens is 1. The minimum absolute atomic E-state index is 0.0233. The van der Waals surface area contributed by atoms with Gasteiger partial charge in [-0.2, -0.15) is 4.31 Å². The van der Waals surface area contributed by atoms with Crippen LogP contribution in [-0.2, 0) is 27.1 Å². The van der Waals surface area contributed by atoms with Crippen molar-refractivity contribution in [1.29, 1.82) is 0 Å². The van der Waals surface area contributed by atoms with E-state index in [-0.39, 0.29) is 23.8 Å². The summed E-state index contributed by atoms with van der Waals surface area (Å²) in [4.78, 5) is 4.28. The highest BCUT2D eigenvalue weighted by atomic mass is 32.2. The lowest BCUT2D eigenvalue weighted by atomic mass is 10.1. The number of nitrogens with zero attached hydrogens (tertiary/aromatic N) is 2. The number of sulfonamides is 1. The molecule has 2 fully saturated rings. The van der Waals surface area contributed by atoms with Crippen LogP contribution in [0.15, 0.2) is 48.7 Å². The van der Waals surface area contributed by atoms with Gasteiger partial charge in [-0.25, -0.2) is 8.42 Å². The lowest BCUT2D eigenvalue weighted by molar-refractivity contribution is 0.0200. The average Bonchev–Trinajstić information content (AvgIpc) is 3.20. The Kier molecular flexibility index (Phi) is 4.82. The van der Waals surface area contributed by atoms with E-state index in [1.165, 1.54) is 0 Å². The molecule has 3 unspecified atom stereocenters. The van der Waals surface area contributed by atoms with Crippen LogP contribution in [0, 0.1) is 12.8 Å². The summed E-state index contributed by atoms with van der Waals surface area (Å²) in [5.74, 6) is 0.347. The molecule has 2 aliphatic rings. The van der Waals surface area contributed by atoms with Crippen molar-refractivity contribution >= 4 is 10.0 Å². The largest absolute Gasteiger partial charge is 0.370 e. The molecule has 1 aliphatic carbocycles. The topological polar surface area (TPSA) is 59.5 Å². The molecule has 1 saturated carbocycles. The van der Waals surface area contributed by atoms with Crippen LogP contribution < -0.4 is 0 Å². The molecule has 0 radical (unpaired) electrons. The van der Waals surface area contributed by atoms with E-state index in [4.69, 9.17) is 4.74 Å². The van der Waals surface area contributed by atoms with Crippen molar-refractivity contribution < 1.29 is 13.2 Å². The van der Waals surface area contributed by atoms with Crippen LogP contribution in [0.3, 0.4) is 0 Å². The first kappa shape index (κ1) is 17.6. The average molecular weight is 372 g/mol. The van der Waals surface area contributed by atoms with E-state index in [2.05, 4.69) is 4.98 Å². The van der Waals surface area contributed by atoms with Crippen LogP contribution in [0.25, 0.3) is 0 Å². The van der Waals surface area contributed by atoms with Gasteiger partial charge in [0.1, 0.15) is 0 Å². The number of fused-ring (bicyclic) bond motifs is 2. The fourth-order valence-electron chi connectivity index (χ4n) is 4.11. The predicted octanol–water partition coefficient (Wildman–Crippen LogP) is 2.90. The minimum atomic E-state index is -3.33. The molecule has 6 heteroatoms. The Hall–Kier alpha value is -1.76. The summed E-state index contributed by atoms with van der Waals surface area (Å²) in [6.45, 7) is 3.01. The molecule has 26 heavy (non-hydrogen) atoms. The van der Waals surface area contributed by atoms with Crippen molar-refractivity contribution in [3.05, 3.63) is 65.5 Å². The van der Waals surface area contributed by atoms with Gasteiger partial charge in [-0.05, 0) is 37.5 Å². The summed E-state index contributed by atoms with van der Waals surface area (Å²) in [5.41, 5.74) is 2.85. The number of rotatable bonds is 6. The van der Waals surface area contributed by atoms with E-state index >= 15 is 0 Å². The van der Waals surface area contributed by atoms with Crippen LogP contribution in [0.1, 0.15) is 29.7 Å². The van der Waals surface area contributed by atoms with E-state index in [0.717, 1.165) is 29.7 Å². The molecule has 138 valence electrons. The van der Waals surface area contributed by atoms with E-state index in [1.807, 2.05) is 49.4 Å². The molecule has 2 bridgehead atoms. The Labute approximate surface area is 155 Å². The van der Waals surface area contributed by atoms with Gasteiger partial charge in [-0.3, -0.25) is 4.98 Å². The molecule has 2 aromatic rings. The third-order valence-electron chi connectivity index (χ3n) is 5.44. The zero-order chi connectivity index (χ0) is 18.1. The first-order valence-electron chi connectivity index (χ1n) is 9.09. The molecule has 1 aliphatic heterocycles. The lowest BCUT2D eigenvalue weighted by Crippen LogP contribution is -2.40. The first-order valence-corrected chi connectivity index (χ1v) is 10.7. The molecule has 0 amide bonds. The van der Waals surface area contributed by atoms with Gasteiger partial charge in [-0.15, -0.1) is 0 Å². The second-order valence-corrected chi connectivity index (χ2v) is 9.23. The van der Waals surface area contributed by atoms with Crippen molar-refractivity contribution in [2.45, 2.75) is 44.3 Å². The molecule has 0 N–H and O–H groups in total. The number of piperidine rings is 1. The smallest absolute Gasteiger partial charge is 0.218 e. The summed E-state index contributed by atoms with van der Waals surface area (Å²) in [6, 6.07) is 13.4. The summed E-state index contributed by atoms with van der Waals surface area (Å²) >= 11 is 0. The molecular formula is C20H24N2O3S. The number of ether oxygens (including phenoxy) is 1. The highest BCUT2D eigenvalue weighted by molar-refractivity contribution is 7.88. The molecule has 1 saturated heterocycles. The fraction of sp³-hybridized carbons (Fsp3) is 0.450. The van der Waals surface area contributed by atoms with Gasteiger partial charge in [0.05, 0.1) is 30.2 Å². The van der Waals surface area contributed by atoms with Crippen LogP contribution in [0.4, 0.5) is 0 Å². The Morgan fingerprint density at radius 1 is 1.15 bits per heavy atom. The fourth-order valence-corrected chi connectivity index (χ4v) is 5.94. The number of hydrogen-bond acceptors (Lipinski definition) is 4. The van der Waals surface area contributed by atoms with Crippen molar-refractivity contribution in [3.8, 4) is 0 Å². The monoisotopic (exact) mass is 372 g/mol. The van der Waals surface area contributed by atoms with E-state index < -0.39 is 10.0 Å².